The first kappa shape index (κ1) is 11.0. The average molecular weight is 285 g/mol. The highest BCUT2D eigenvalue weighted by Crippen LogP contribution is 2.37. The van der Waals surface area contributed by atoms with Crippen molar-refractivity contribution in [2.45, 2.75) is 25.1 Å². The van der Waals surface area contributed by atoms with Gasteiger partial charge >= 0.3 is 0 Å². The van der Waals surface area contributed by atoms with Crippen molar-refractivity contribution < 1.29 is 4.42 Å². The summed E-state index contributed by atoms with van der Waals surface area (Å²) in [5.74, 6) is 0.989. The van der Waals surface area contributed by atoms with Gasteiger partial charge in [0, 0.05) is 15.3 Å². The van der Waals surface area contributed by atoms with Crippen molar-refractivity contribution >= 4 is 27.3 Å². The minimum atomic E-state index is 0.265. The second-order valence-corrected chi connectivity index (χ2v) is 5.57. The molecule has 0 aliphatic heterocycles. The van der Waals surface area contributed by atoms with Gasteiger partial charge in [0.1, 0.15) is 5.76 Å². The highest BCUT2D eigenvalue weighted by atomic mass is 79.9. The molecule has 2 rings (SSSR count). The van der Waals surface area contributed by atoms with E-state index in [1.807, 2.05) is 24.3 Å². The van der Waals surface area contributed by atoms with Gasteiger partial charge < -0.3 is 4.42 Å². The van der Waals surface area contributed by atoms with E-state index in [-0.39, 0.29) is 4.83 Å². The molecule has 80 valence electrons. The van der Waals surface area contributed by atoms with Crippen LogP contribution in [0.1, 0.15) is 32.8 Å². The summed E-state index contributed by atoms with van der Waals surface area (Å²) in [7, 11) is 0. The molecule has 0 fully saturated rings. The highest BCUT2D eigenvalue weighted by molar-refractivity contribution is 9.09. The molecule has 0 aliphatic carbocycles. The maximum absolute atomic E-state index is 5.31. The summed E-state index contributed by atoms with van der Waals surface area (Å²) in [5.41, 5.74) is 1.22. The highest BCUT2D eigenvalue weighted by Gasteiger charge is 2.16. The van der Waals surface area contributed by atoms with Crippen LogP contribution in [0.4, 0.5) is 0 Å². The lowest BCUT2D eigenvalue weighted by molar-refractivity contribution is 0.530. The summed E-state index contributed by atoms with van der Waals surface area (Å²) in [4.78, 5) is 3.04. The molecule has 1 unspecified atom stereocenters. The van der Waals surface area contributed by atoms with E-state index < -0.39 is 0 Å². The molecule has 0 N–H and O–H groups in total. The van der Waals surface area contributed by atoms with Crippen LogP contribution in [-0.4, -0.2) is 0 Å². The largest absolute Gasteiger partial charge is 0.469 e. The molecule has 2 aromatic heterocycles. The molecule has 1 nitrogen and oxygen atoms in total. The van der Waals surface area contributed by atoms with Gasteiger partial charge in [-0.1, -0.05) is 22.9 Å². The molecule has 0 bridgehead atoms. The monoisotopic (exact) mass is 284 g/mol. The summed E-state index contributed by atoms with van der Waals surface area (Å²) in [6, 6.07) is 6.42. The van der Waals surface area contributed by atoms with Gasteiger partial charge in [0.2, 0.25) is 0 Å². The van der Waals surface area contributed by atoms with Crippen LogP contribution in [-0.2, 0) is 6.42 Å². The fourth-order valence-corrected chi connectivity index (χ4v) is 3.39. The van der Waals surface area contributed by atoms with E-state index in [1.165, 1.54) is 15.3 Å². The Kier molecular flexibility index (Phi) is 3.32. The maximum atomic E-state index is 5.31. The van der Waals surface area contributed by atoms with Crippen molar-refractivity contribution in [2.75, 3.05) is 0 Å². The second kappa shape index (κ2) is 4.54. The van der Waals surface area contributed by atoms with Crippen molar-refractivity contribution in [3.63, 3.8) is 0 Å². The van der Waals surface area contributed by atoms with Crippen molar-refractivity contribution in [1.29, 1.82) is 0 Å². The van der Waals surface area contributed by atoms with Crippen LogP contribution in [0, 0.1) is 6.92 Å². The number of thiophene rings is 1. The van der Waals surface area contributed by atoms with Crippen molar-refractivity contribution in [3.8, 4) is 0 Å². The van der Waals surface area contributed by atoms with Crippen LogP contribution in [0.25, 0.3) is 0 Å². The predicted octanol–water partition coefficient (Wildman–Crippen LogP) is 4.70. The van der Waals surface area contributed by atoms with E-state index in [9.17, 15) is 0 Å². The molecule has 0 radical (unpaired) electrons. The molecule has 0 aliphatic rings. The smallest absolute Gasteiger partial charge is 0.105 e. The Hall–Kier alpha value is -0.540. The van der Waals surface area contributed by atoms with E-state index >= 15 is 0 Å². The Morgan fingerprint density at radius 3 is 2.73 bits per heavy atom. The molecule has 0 amide bonds. The van der Waals surface area contributed by atoms with E-state index in [0.717, 1.165) is 12.2 Å². The molecule has 1 atom stereocenters. The molecule has 0 aromatic carbocycles. The van der Waals surface area contributed by atoms with Crippen molar-refractivity contribution in [1.82, 2.24) is 0 Å². The lowest BCUT2D eigenvalue weighted by Crippen LogP contribution is -1.88. The molecule has 2 heterocycles. The quantitative estimate of drug-likeness (QED) is 0.745. The summed E-state index contributed by atoms with van der Waals surface area (Å²) in [6.45, 7) is 4.18. The first-order valence-corrected chi connectivity index (χ1v) is 6.72. The normalized spacial score (nSPS) is 13.0. The summed E-state index contributed by atoms with van der Waals surface area (Å²) in [5, 5.41) is 0. The zero-order valence-electron chi connectivity index (χ0n) is 8.79. The zero-order valence-corrected chi connectivity index (χ0v) is 11.2. The molecule has 2 aromatic rings. The molecular weight excluding hydrogens is 272 g/mol. The Morgan fingerprint density at radius 1 is 1.40 bits per heavy atom. The van der Waals surface area contributed by atoms with Gasteiger partial charge in [0.05, 0.1) is 11.1 Å². The van der Waals surface area contributed by atoms with Crippen LogP contribution >= 0.6 is 27.3 Å². The van der Waals surface area contributed by atoms with Gasteiger partial charge in [-0.2, -0.15) is 0 Å². The molecule has 0 spiro atoms. The van der Waals surface area contributed by atoms with E-state index in [0.29, 0.717) is 0 Å². The van der Waals surface area contributed by atoms with Crippen LogP contribution < -0.4 is 0 Å². The molecular formula is C12H13BrOS. The van der Waals surface area contributed by atoms with Gasteiger partial charge in [0.15, 0.2) is 0 Å². The molecule has 0 saturated carbocycles. The number of halogens is 1. The first-order valence-electron chi connectivity index (χ1n) is 4.99. The summed E-state index contributed by atoms with van der Waals surface area (Å²) < 4.78 is 5.31. The average Bonchev–Trinajstić information content (AvgIpc) is 2.84. The van der Waals surface area contributed by atoms with Crippen LogP contribution in [0.5, 0.6) is 0 Å². The first-order chi connectivity index (χ1) is 7.22. The van der Waals surface area contributed by atoms with Gasteiger partial charge in [-0.3, -0.25) is 0 Å². The third kappa shape index (κ3) is 2.18. The molecule has 15 heavy (non-hydrogen) atoms. The number of hydrogen-bond acceptors (Lipinski definition) is 2. The van der Waals surface area contributed by atoms with E-state index in [2.05, 4.69) is 35.0 Å². The number of aryl methyl sites for hydroxylation is 2. The third-order valence-corrected chi connectivity index (χ3v) is 5.04. The predicted molar refractivity (Wildman–Crippen MR) is 67.9 cm³/mol. The van der Waals surface area contributed by atoms with Gasteiger partial charge in [-0.15, -0.1) is 11.3 Å². The number of alkyl halides is 1. The summed E-state index contributed by atoms with van der Waals surface area (Å²) >= 11 is 5.58. The Morgan fingerprint density at radius 2 is 2.20 bits per heavy atom. The van der Waals surface area contributed by atoms with Gasteiger partial charge in [-0.05, 0) is 31.5 Å². The number of furan rings is 1. The Labute approximate surface area is 102 Å². The standard InChI is InChI=1S/C12H13BrOS/c1-3-9-4-5-11(15-9)12(13)10-6-7-14-8(10)2/h4-7,12H,3H2,1-2H3. The second-order valence-electron chi connectivity index (χ2n) is 3.45. The number of hydrogen-bond donors (Lipinski definition) is 0. The SMILES string of the molecule is CCc1ccc(C(Br)c2ccoc2C)s1. The van der Waals surface area contributed by atoms with Crippen molar-refractivity contribution in [2.24, 2.45) is 0 Å². The lowest BCUT2D eigenvalue weighted by Gasteiger charge is -2.05. The minimum absolute atomic E-state index is 0.265. The fraction of sp³-hybridized carbons (Fsp3) is 0.333. The third-order valence-electron chi connectivity index (χ3n) is 2.45. The minimum Gasteiger partial charge on any atom is -0.469 e. The van der Waals surface area contributed by atoms with Crippen molar-refractivity contribution in [3.05, 3.63) is 45.5 Å². The van der Waals surface area contributed by atoms with Gasteiger partial charge in [-0.25, -0.2) is 0 Å². The Bertz CT molecular complexity index is 444. The zero-order chi connectivity index (χ0) is 10.8. The number of rotatable bonds is 3. The van der Waals surface area contributed by atoms with Crippen LogP contribution in [0.2, 0.25) is 0 Å². The van der Waals surface area contributed by atoms with E-state index in [1.54, 1.807) is 6.26 Å². The maximum Gasteiger partial charge on any atom is 0.105 e. The summed E-state index contributed by atoms with van der Waals surface area (Å²) in [6.07, 6.45) is 2.85. The Balaban J connectivity index is 2.28. The lowest BCUT2D eigenvalue weighted by atomic mass is 10.1. The topological polar surface area (TPSA) is 13.1 Å². The van der Waals surface area contributed by atoms with Crippen LogP contribution in [0.15, 0.2) is 28.9 Å². The molecule has 0 saturated heterocycles. The van der Waals surface area contributed by atoms with E-state index in [4.69, 9.17) is 4.42 Å². The fourth-order valence-electron chi connectivity index (χ4n) is 1.53. The van der Waals surface area contributed by atoms with Crippen LogP contribution in [0.3, 0.4) is 0 Å². The molecule has 3 heteroatoms. The van der Waals surface area contributed by atoms with Gasteiger partial charge in [0.25, 0.3) is 0 Å².